The number of nitrogens with zero attached hydrogens (tertiary/aromatic N) is 1. The van der Waals surface area contributed by atoms with E-state index in [1.807, 2.05) is 44.2 Å². The summed E-state index contributed by atoms with van der Waals surface area (Å²) in [5.41, 5.74) is 1.53. The van der Waals surface area contributed by atoms with Crippen LogP contribution in [0.4, 0.5) is 4.39 Å². The molecule has 6 heteroatoms. The van der Waals surface area contributed by atoms with Gasteiger partial charge in [0, 0.05) is 18.3 Å². The summed E-state index contributed by atoms with van der Waals surface area (Å²) in [5.74, 6) is -0.00629. The quantitative estimate of drug-likeness (QED) is 0.690. The Hall–Kier alpha value is -2.34. The highest BCUT2D eigenvalue weighted by atomic mass is 32.2. The Kier molecular flexibility index (Phi) is 8.51. The topological polar surface area (TPSA) is 49.4 Å². The first-order valence-corrected chi connectivity index (χ1v) is 10.5. The second-order valence-electron chi connectivity index (χ2n) is 6.93. The molecular weight excluding hydrogens is 375 g/mol. The monoisotopic (exact) mass is 402 g/mol. The fourth-order valence-electron chi connectivity index (χ4n) is 2.71. The van der Waals surface area contributed by atoms with Crippen LogP contribution in [0.2, 0.25) is 0 Å². The van der Waals surface area contributed by atoms with Crippen LogP contribution in [0, 0.1) is 5.82 Å². The molecule has 28 heavy (non-hydrogen) atoms. The zero-order valence-electron chi connectivity index (χ0n) is 16.5. The number of benzene rings is 2. The lowest BCUT2D eigenvalue weighted by molar-refractivity contribution is -0.138. The molecule has 0 aliphatic rings. The zero-order chi connectivity index (χ0) is 20.5. The molecule has 1 unspecified atom stereocenters. The summed E-state index contributed by atoms with van der Waals surface area (Å²) in [6.07, 6.45) is 0. The molecule has 0 radical (unpaired) electrons. The molecule has 0 saturated heterocycles. The van der Waals surface area contributed by atoms with Crippen molar-refractivity contribution < 1.29 is 14.0 Å². The molecule has 1 N–H and O–H groups in total. The van der Waals surface area contributed by atoms with Gasteiger partial charge in [-0.3, -0.25) is 9.59 Å². The fourth-order valence-corrected chi connectivity index (χ4v) is 3.61. The van der Waals surface area contributed by atoms with Gasteiger partial charge in [0.05, 0.1) is 5.75 Å². The Bertz CT molecular complexity index is 783. The van der Waals surface area contributed by atoms with Gasteiger partial charge in [-0.2, -0.15) is 0 Å². The van der Waals surface area contributed by atoms with Crippen molar-refractivity contribution in [2.24, 2.45) is 0 Å². The van der Waals surface area contributed by atoms with E-state index in [1.165, 1.54) is 17.8 Å². The lowest BCUT2D eigenvalue weighted by atomic mass is 10.1. The summed E-state index contributed by atoms with van der Waals surface area (Å²) < 4.78 is 13.8. The molecule has 0 saturated carbocycles. The van der Waals surface area contributed by atoms with Gasteiger partial charge in [-0.25, -0.2) is 4.39 Å². The molecule has 4 nitrogen and oxygen atoms in total. The zero-order valence-corrected chi connectivity index (χ0v) is 17.3. The molecule has 0 spiro atoms. The number of halogens is 1. The van der Waals surface area contributed by atoms with Crippen molar-refractivity contribution in [1.82, 2.24) is 10.2 Å². The van der Waals surface area contributed by atoms with E-state index in [4.69, 9.17) is 0 Å². The summed E-state index contributed by atoms with van der Waals surface area (Å²) in [6, 6.07) is 15.5. The fraction of sp³-hybridized carbons (Fsp3) is 0.364. The average molecular weight is 403 g/mol. The van der Waals surface area contributed by atoms with Crippen molar-refractivity contribution in [3.63, 3.8) is 0 Å². The summed E-state index contributed by atoms with van der Waals surface area (Å²) in [4.78, 5) is 26.9. The number of hydrogen-bond acceptors (Lipinski definition) is 3. The molecule has 1 atom stereocenters. The summed E-state index contributed by atoms with van der Waals surface area (Å²) in [7, 11) is 0. The Morgan fingerprint density at radius 2 is 1.68 bits per heavy atom. The molecule has 2 aromatic rings. The highest BCUT2D eigenvalue weighted by molar-refractivity contribution is 7.99. The molecule has 2 aromatic carbocycles. The summed E-state index contributed by atoms with van der Waals surface area (Å²) in [6.45, 7) is 5.86. The first-order chi connectivity index (χ1) is 13.4. The smallest absolute Gasteiger partial charge is 0.242 e. The molecular formula is C22H27FN2O2S. The maximum Gasteiger partial charge on any atom is 0.242 e. The van der Waals surface area contributed by atoms with Crippen LogP contribution >= 0.6 is 11.8 Å². The Morgan fingerprint density at radius 1 is 1.04 bits per heavy atom. The highest BCUT2D eigenvalue weighted by Crippen LogP contribution is 2.17. The number of nitrogens with one attached hydrogen (secondary N) is 1. The number of carbonyl (C=O) groups is 2. The first-order valence-electron chi connectivity index (χ1n) is 9.33. The van der Waals surface area contributed by atoms with E-state index in [9.17, 15) is 14.0 Å². The van der Waals surface area contributed by atoms with Crippen LogP contribution in [0.1, 0.15) is 31.9 Å². The molecule has 0 heterocycles. The van der Waals surface area contributed by atoms with Crippen LogP contribution in [-0.4, -0.2) is 34.6 Å². The molecule has 0 aliphatic carbocycles. The SMILES string of the molecule is CC(C)NC(=O)C(C)N(Cc1ccccc1)C(=O)CSCc1ccccc1F. The largest absolute Gasteiger partial charge is 0.352 e. The Labute approximate surface area is 170 Å². The van der Waals surface area contributed by atoms with Crippen molar-refractivity contribution in [3.05, 3.63) is 71.5 Å². The van der Waals surface area contributed by atoms with Crippen LogP contribution in [0.25, 0.3) is 0 Å². The third-order valence-corrected chi connectivity index (χ3v) is 5.20. The Balaban J connectivity index is 2.05. The third kappa shape index (κ3) is 6.68. The van der Waals surface area contributed by atoms with E-state index in [0.717, 1.165) is 5.56 Å². The van der Waals surface area contributed by atoms with Crippen LogP contribution in [0.15, 0.2) is 54.6 Å². The molecule has 0 fully saturated rings. The minimum Gasteiger partial charge on any atom is -0.352 e. The van der Waals surface area contributed by atoms with E-state index in [1.54, 1.807) is 30.0 Å². The molecule has 2 amide bonds. The second kappa shape index (κ2) is 10.9. The van der Waals surface area contributed by atoms with Crippen LogP contribution in [0.5, 0.6) is 0 Å². The normalized spacial score (nSPS) is 11.9. The molecule has 0 bridgehead atoms. The third-order valence-electron chi connectivity index (χ3n) is 4.23. The predicted octanol–water partition coefficient (Wildman–Crippen LogP) is 4.00. The minimum atomic E-state index is -0.593. The molecule has 2 rings (SSSR count). The lowest BCUT2D eigenvalue weighted by Crippen LogP contribution is -2.49. The second-order valence-corrected chi connectivity index (χ2v) is 7.92. The van der Waals surface area contributed by atoms with Crippen molar-refractivity contribution in [2.45, 2.75) is 45.2 Å². The van der Waals surface area contributed by atoms with E-state index in [0.29, 0.717) is 17.9 Å². The van der Waals surface area contributed by atoms with Crippen molar-refractivity contribution in [1.29, 1.82) is 0 Å². The van der Waals surface area contributed by atoms with E-state index in [-0.39, 0.29) is 29.4 Å². The maximum atomic E-state index is 13.8. The van der Waals surface area contributed by atoms with Crippen LogP contribution in [-0.2, 0) is 21.9 Å². The van der Waals surface area contributed by atoms with E-state index < -0.39 is 6.04 Å². The van der Waals surface area contributed by atoms with Gasteiger partial charge in [-0.1, -0.05) is 48.5 Å². The van der Waals surface area contributed by atoms with Crippen molar-refractivity contribution in [3.8, 4) is 0 Å². The van der Waals surface area contributed by atoms with Gasteiger partial charge in [0.25, 0.3) is 0 Å². The van der Waals surface area contributed by atoms with Gasteiger partial charge in [-0.05, 0) is 38.0 Å². The van der Waals surface area contributed by atoms with E-state index >= 15 is 0 Å². The first kappa shape index (κ1) is 22.0. The number of amides is 2. The molecule has 150 valence electrons. The standard InChI is InChI=1S/C22H27FN2O2S/c1-16(2)24-22(27)17(3)25(13-18-9-5-4-6-10-18)21(26)15-28-14-19-11-7-8-12-20(19)23/h4-12,16-17H,13-15H2,1-3H3,(H,24,27). The van der Waals surface area contributed by atoms with Gasteiger partial charge >= 0.3 is 0 Å². The molecule has 0 aromatic heterocycles. The minimum absolute atomic E-state index is 0.000872. The maximum absolute atomic E-state index is 13.8. The van der Waals surface area contributed by atoms with Crippen LogP contribution in [0.3, 0.4) is 0 Å². The van der Waals surface area contributed by atoms with Gasteiger partial charge in [0.15, 0.2) is 0 Å². The number of thioether (sulfide) groups is 1. The van der Waals surface area contributed by atoms with Crippen molar-refractivity contribution in [2.75, 3.05) is 5.75 Å². The van der Waals surface area contributed by atoms with E-state index in [2.05, 4.69) is 5.32 Å². The van der Waals surface area contributed by atoms with Gasteiger partial charge in [0.2, 0.25) is 11.8 Å². The summed E-state index contributed by atoms with van der Waals surface area (Å²) >= 11 is 1.35. The summed E-state index contributed by atoms with van der Waals surface area (Å²) in [5, 5.41) is 2.86. The number of hydrogen-bond donors (Lipinski definition) is 1. The van der Waals surface area contributed by atoms with Gasteiger partial charge < -0.3 is 10.2 Å². The van der Waals surface area contributed by atoms with Gasteiger partial charge in [0.1, 0.15) is 11.9 Å². The highest BCUT2D eigenvalue weighted by Gasteiger charge is 2.26. The van der Waals surface area contributed by atoms with Crippen LogP contribution < -0.4 is 5.32 Å². The lowest BCUT2D eigenvalue weighted by Gasteiger charge is -2.29. The predicted molar refractivity (Wildman–Crippen MR) is 112 cm³/mol. The molecule has 0 aliphatic heterocycles. The number of carbonyl (C=O) groups excluding carboxylic acids is 2. The average Bonchev–Trinajstić information content (AvgIpc) is 2.67. The van der Waals surface area contributed by atoms with Crippen molar-refractivity contribution >= 4 is 23.6 Å². The number of rotatable bonds is 9. The Morgan fingerprint density at radius 3 is 2.32 bits per heavy atom. The van der Waals surface area contributed by atoms with Gasteiger partial charge in [-0.15, -0.1) is 11.8 Å².